The topological polar surface area (TPSA) is 101 Å². The van der Waals surface area contributed by atoms with E-state index < -0.39 is 6.03 Å². The number of carbonyl (C=O) groups is 2. The van der Waals surface area contributed by atoms with Crippen molar-refractivity contribution in [3.05, 3.63) is 75.8 Å². The van der Waals surface area contributed by atoms with Crippen LogP contribution in [0.15, 0.2) is 54.7 Å². The van der Waals surface area contributed by atoms with Gasteiger partial charge < -0.3 is 10.6 Å². The van der Waals surface area contributed by atoms with Crippen LogP contribution in [0.4, 0.5) is 27.5 Å². The van der Waals surface area contributed by atoms with E-state index in [0.29, 0.717) is 42.9 Å². The number of hydrogen-bond acceptors (Lipinski definition) is 6. The number of nitriles is 1. The maximum Gasteiger partial charge on any atom is 0.331 e. The van der Waals surface area contributed by atoms with Gasteiger partial charge in [-0.25, -0.2) is 9.78 Å². The van der Waals surface area contributed by atoms with Crippen LogP contribution in [0.25, 0.3) is 10.2 Å². The molecule has 38 heavy (non-hydrogen) atoms. The van der Waals surface area contributed by atoms with Gasteiger partial charge in [-0.3, -0.25) is 14.6 Å². The largest absolute Gasteiger partial charge is 0.331 e. The Kier molecular flexibility index (Phi) is 6.45. The summed E-state index contributed by atoms with van der Waals surface area (Å²) >= 11 is 7.57. The molecule has 0 saturated carbocycles. The maximum absolute atomic E-state index is 13.4. The fourth-order valence-corrected chi connectivity index (χ4v) is 6.25. The fraction of sp³-hybridized carbons (Fsp3) is 0.214. The lowest BCUT2D eigenvalue weighted by Crippen LogP contribution is -2.35. The summed E-state index contributed by atoms with van der Waals surface area (Å²) in [6, 6.07) is 16.4. The molecule has 8 nitrogen and oxygen atoms in total. The number of hydrogen-bond donors (Lipinski definition) is 2. The summed E-state index contributed by atoms with van der Waals surface area (Å²) in [4.78, 5) is 35.8. The number of piperidine rings is 1. The van der Waals surface area contributed by atoms with Gasteiger partial charge in [0.25, 0.3) is 5.91 Å². The molecular formula is C28H23ClN6O2S. The minimum Gasteiger partial charge on any atom is -0.321 e. The Bertz CT molecular complexity index is 1600. The first-order valence-electron chi connectivity index (χ1n) is 12.4. The van der Waals surface area contributed by atoms with Gasteiger partial charge in [-0.15, -0.1) is 11.3 Å². The molecule has 2 aromatic carbocycles. The Labute approximate surface area is 228 Å². The zero-order valence-electron chi connectivity index (χ0n) is 20.3. The highest BCUT2D eigenvalue weighted by atomic mass is 35.5. The van der Waals surface area contributed by atoms with E-state index in [2.05, 4.69) is 26.6 Å². The smallest absolute Gasteiger partial charge is 0.321 e. The van der Waals surface area contributed by atoms with Crippen molar-refractivity contribution in [2.24, 2.45) is 0 Å². The Hall–Kier alpha value is -3.97. The van der Waals surface area contributed by atoms with Gasteiger partial charge in [-0.2, -0.15) is 5.26 Å². The number of nitrogens with one attached hydrogen (secondary N) is 2. The molecule has 2 N–H and O–H groups in total. The van der Waals surface area contributed by atoms with Crippen molar-refractivity contribution in [1.29, 1.82) is 5.26 Å². The molecule has 0 radical (unpaired) electrons. The minimum absolute atomic E-state index is 0.211. The number of benzene rings is 2. The van der Waals surface area contributed by atoms with Crippen LogP contribution < -0.4 is 15.5 Å². The van der Waals surface area contributed by atoms with Crippen molar-refractivity contribution >= 4 is 67.8 Å². The van der Waals surface area contributed by atoms with E-state index >= 15 is 0 Å². The highest BCUT2D eigenvalue weighted by molar-refractivity contribution is 7.21. The standard InChI is InChI=1S/C28H23ClN6O2S/c29-20-6-2-3-7-21(20)35-24-18(14-30)15-31-27-22(24)23(33-28(35)37)25(38-27)26(36)32-19-10-8-17(9-11-19)16-34-12-4-1-5-13-34/h2-3,6-11,15H,1,4-5,12-13,16H2,(H,32,36)(H,33,37). The number of likely N-dealkylation sites (tertiary alicyclic amines) is 1. The number of pyridine rings is 1. The summed E-state index contributed by atoms with van der Waals surface area (Å²) in [5.41, 5.74) is 3.21. The summed E-state index contributed by atoms with van der Waals surface area (Å²) < 4.78 is 0. The summed E-state index contributed by atoms with van der Waals surface area (Å²) in [5, 5.41) is 16.5. The summed E-state index contributed by atoms with van der Waals surface area (Å²) in [6.45, 7) is 3.14. The number of thiophene rings is 1. The molecule has 0 aliphatic carbocycles. The molecule has 190 valence electrons. The Balaban J connectivity index is 1.32. The molecule has 1 saturated heterocycles. The lowest BCUT2D eigenvalue weighted by atomic mass is 10.1. The quantitative estimate of drug-likeness (QED) is 0.291. The van der Waals surface area contributed by atoms with Crippen LogP contribution in [-0.2, 0) is 6.54 Å². The van der Waals surface area contributed by atoms with Crippen LogP contribution in [0.1, 0.15) is 40.1 Å². The Morgan fingerprint density at radius 3 is 2.63 bits per heavy atom. The third-order valence-corrected chi connectivity index (χ3v) is 8.25. The molecule has 2 aliphatic rings. The number of aromatic nitrogens is 1. The Morgan fingerprint density at radius 1 is 1.13 bits per heavy atom. The third-order valence-electron chi connectivity index (χ3n) is 6.84. The van der Waals surface area contributed by atoms with E-state index in [1.807, 2.05) is 24.3 Å². The van der Waals surface area contributed by atoms with Gasteiger partial charge in [-0.05, 0) is 55.8 Å². The number of nitrogens with zero attached hydrogens (tertiary/aromatic N) is 4. The predicted octanol–water partition coefficient (Wildman–Crippen LogP) is 6.74. The SMILES string of the molecule is N#Cc1cnc2sc(C(=O)Nc3ccc(CN4CCCCC4)cc3)c3c2c1N(c1ccccc1Cl)C(=O)N3. The van der Waals surface area contributed by atoms with Crippen LogP contribution in [0, 0.1) is 11.3 Å². The molecular weight excluding hydrogens is 520 g/mol. The molecule has 4 aromatic rings. The van der Waals surface area contributed by atoms with Crippen LogP contribution in [-0.4, -0.2) is 34.9 Å². The van der Waals surface area contributed by atoms with Gasteiger partial charge in [0.05, 0.1) is 33.0 Å². The van der Waals surface area contributed by atoms with Crippen molar-refractivity contribution in [2.75, 3.05) is 28.6 Å². The molecule has 0 bridgehead atoms. The van der Waals surface area contributed by atoms with Crippen LogP contribution in [0.3, 0.4) is 0 Å². The zero-order valence-corrected chi connectivity index (χ0v) is 21.9. The van der Waals surface area contributed by atoms with E-state index in [-0.39, 0.29) is 11.5 Å². The monoisotopic (exact) mass is 542 g/mol. The van der Waals surface area contributed by atoms with Crippen LogP contribution in [0.5, 0.6) is 0 Å². The number of urea groups is 1. The first-order valence-corrected chi connectivity index (χ1v) is 13.6. The lowest BCUT2D eigenvalue weighted by Gasteiger charge is -2.29. The average molecular weight is 543 g/mol. The highest BCUT2D eigenvalue weighted by Gasteiger charge is 2.35. The summed E-state index contributed by atoms with van der Waals surface area (Å²) in [5.74, 6) is -0.359. The predicted molar refractivity (Wildman–Crippen MR) is 150 cm³/mol. The summed E-state index contributed by atoms with van der Waals surface area (Å²) in [6.07, 6.45) is 5.20. The normalized spacial score (nSPS) is 15.3. The highest BCUT2D eigenvalue weighted by Crippen LogP contribution is 2.48. The van der Waals surface area contributed by atoms with Gasteiger partial charge >= 0.3 is 6.03 Å². The van der Waals surface area contributed by atoms with Crippen molar-refractivity contribution in [3.8, 4) is 6.07 Å². The number of para-hydroxylation sites is 1. The van der Waals surface area contributed by atoms with Gasteiger partial charge in [0.15, 0.2) is 0 Å². The number of halogens is 1. The van der Waals surface area contributed by atoms with E-state index in [1.165, 1.54) is 47.3 Å². The van der Waals surface area contributed by atoms with Gasteiger partial charge in [0.1, 0.15) is 15.8 Å². The molecule has 3 amide bonds. The fourth-order valence-electron chi connectivity index (χ4n) is 5.03. The number of rotatable bonds is 5. The number of carbonyl (C=O) groups excluding carboxylic acids is 2. The van der Waals surface area contributed by atoms with Crippen LogP contribution in [0.2, 0.25) is 5.02 Å². The van der Waals surface area contributed by atoms with Gasteiger partial charge in [0, 0.05) is 18.4 Å². The van der Waals surface area contributed by atoms with E-state index in [9.17, 15) is 14.9 Å². The second kappa shape index (κ2) is 10.1. The molecule has 0 unspecified atom stereocenters. The minimum atomic E-state index is -0.510. The zero-order chi connectivity index (χ0) is 26.2. The van der Waals surface area contributed by atoms with E-state index in [0.717, 1.165) is 19.6 Å². The molecule has 1 fully saturated rings. The Morgan fingerprint density at radius 2 is 1.89 bits per heavy atom. The molecule has 6 rings (SSSR count). The van der Waals surface area contributed by atoms with Crippen molar-refractivity contribution in [1.82, 2.24) is 9.88 Å². The van der Waals surface area contributed by atoms with Gasteiger partial charge in [0.2, 0.25) is 0 Å². The lowest BCUT2D eigenvalue weighted by molar-refractivity contribution is 0.103. The second-order valence-electron chi connectivity index (χ2n) is 9.32. The van der Waals surface area contributed by atoms with Crippen LogP contribution >= 0.6 is 22.9 Å². The maximum atomic E-state index is 13.4. The number of amides is 3. The van der Waals surface area contributed by atoms with Crippen molar-refractivity contribution in [2.45, 2.75) is 25.8 Å². The summed E-state index contributed by atoms with van der Waals surface area (Å²) in [7, 11) is 0. The molecule has 2 aromatic heterocycles. The first kappa shape index (κ1) is 24.4. The number of anilines is 4. The molecule has 10 heteroatoms. The van der Waals surface area contributed by atoms with E-state index in [4.69, 9.17) is 11.6 Å². The average Bonchev–Trinajstić information content (AvgIpc) is 3.30. The van der Waals surface area contributed by atoms with E-state index in [1.54, 1.807) is 24.3 Å². The molecule has 0 spiro atoms. The second-order valence-corrected chi connectivity index (χ2v) is 10.7. The molecule has 0 atom stereocenters. The van der Waals surface area contributed by atoms with Crippen molar-refractivity contribution < 1.29 is 9.59 Å². The molecule has 2 aliphatic heterocycles. The third kappa shape index (κ3) is 4.37. The van der Waals surface area contributed by atoms with Gasteiger partial charge in [-0.1, -0.05) is 42.3 Å². The molecule has 4 heterocycles. The first-order chi connectivity index (χ1) is 18.5. The van der Waals surface area contributed by atoms with Crippen molar-refractivity contribution in [3.63, 3.8) is 0 Å².